The van der Waals surface area contributed by atoms with E-state index in [0.29, 0.717) is 12.2 Å². The molecular formula is C20H20FN2O+. The number of benzene rings is 3. The van der Waals surface area contributed by atoms with E-state index in [4.69, 9.17) is 0 Å². The van der Waals surface area contributed by atoms with Gasteiger partial charge in [-0.25, -0.2) is 4.39 Å². The summed E-state index contributed by atoms with van der Waals surface area (Å²) in [6, 6.07) is 20.4. The highest BCUT2D eigenvalue weighted by Gasteiger charge is 2.14. The first kappa shape index (κ1) is 16.1. The maximum absolute atomic E-state index is 12.9. The normalized spacial score (nSPS) is 12.1. The number of nitrogens with one attached hydrogen (secondary N) is 1. The fourth-order valence-electron chi connectivity index (χ4n) is 2.80. The second-order valence-electron chi connectivity index (χ2n) is 5.85. The van der Waals surface area contributed by atoms with Crippen LogP contribution < -0.4 is 10.6 Å². The maximum atomic E-state index is 12.9. The SMILES string of the molecule is C[C@@H]([NH2+]CC(=O)Nc1ccc(F)cc1)c1cccc2ccccc12. The van der Waals surface area contributed by atoms with E-state index in [1.54, 1.807) is 12.1 Å². The number of halogens is 1. The Hall–Kier alpha value is -2.72. The van der Waals surface area contributed by atoms with Crippen molar-refractivity contribution in [2.45, 2.75) is 13.0 Å². The Balaban J connectivity index is 1.63. The molecule has 0 heterocycles. The van der Waals surface area contributed by atoms with Gasteiger partial charge in [0.1, 0.15) is 11.9 Å². The van der Waals surface area contributed by atoms with Crippen LogP contribution in [0.3, 0.4) is 0 Å². The van der Waals surface area contributed by atoms with Gasteiger partial charge >= 0.3 is 0 Å². The molecule has 3 aromatic rings. The van der Waals surface area contributed by atoms with Gasteiger partial charge in [-0.05, 0) is 42.0 Å². The van der Waals surface area contributed by atoms with Crippen molar-refractivity contribution in [3.8, 4) is 0 Å². The van der Waals surface area contributed by atoms with E-state index in [1.807, 2.05) is 23.5 Å². The van der Waals surface area contributed by atoms with E-state index >= 15 is 0 Å². The molecule has 0 bridgehead atoms. The quantitative estimate of drug-likeness (QED) is 0.744. The molecule has 0 aliphatic carbocycles. The number of fused-ring (bicyclic) bond motifs is 1. The van der Waals surface area contributed by atoms with Crippen molar-refractivity contribution in [2.75, 3.05) is 11.9 Å². The number of anilines is 1. The van der Waals surface area contributed by atoms with Crippen molar-refractivity contribution in [3.63, 3.8) is 0 Å². The van der Waals surface area contributed by atoms with Crippen LogP contribution >= 0.6 is 0 Å². The third kappa shape index (κ3) is 3.78. The van der Waals surface area contributed by atoms with Gasteiger partial charge in [-0.2, -0.15) is 0 Å². The third-order valence-electron chi connectivity index (χ3n) is 4.10. The number of carbonyl (C=O) groups excluding carboxylic acids is 1. The third-order valence-corrected chi connectivity index (χ3v) is 4.10. The molecule has 0 aromatic heterocycles. The standard InChI is InChI=1S/C20H19FN2O/c1-14(18-8-4-6-15-5-2-3-7-19(15)18)22-13-20(24)23-17-11-9-16(21)10-12-17/h2-12,14,22H,13H2,1H3,(H,23,24)/p+1/t14-/m1/s1. The molecule has 0 spiro atoms. The second-order valence-corrected chi connectivity index (χ2v) is 5.85. The molecule has 0 saturated heterocycles. The zero-order valence-corrected chi connectivity index (χ0v) is 13.5. The molecule has 0 saturated carbocycles. The lowest BCUT2D eigenvalue weighted by molar-refractivity contribution is -0.682. The van der Waals surface area contributed by atoms with Crippen LogP contribution in [-0.4, -0.2) is 12.5 Å². The van der Waals surface area contributed by atoms with Crippen LogP contribution in [0.4, 0.5) is 10.1 Å². The van der Waals surface area contributed by atoms with Crippen LogP contribution in [0.15, 0.2) is 66.7 Å². The molecule has 0 aliphatic rings. The maximum Gasteiger partial charge on any atom is 0.279 e. The first-order valence-corrected chi connectivity index (χ1v) is 8.00. The topological polar surface area (TPSA) is 45.7 Å². The molecule has 3 aromatic carbocycles. The first-order valence-electron chi connectivity index (χ1n) is 8.00. The molecule has 122 valence electrons. The van der Waals surface area contributed by atoms with Crippen molar-refractivity contribution >= 4 is 22.4 Å². The first-order chi connectivity index (χ1) is 11.6. The van der Waals surface area contributed by atoms with Crippen molar-refractivity contribution in [2.24, 2.45) is 0 Å². The molecule has 1 atom stereocenters. The number of amides is 1. The highest BCUT2D eigenvalue weighted by atomic mass is 19.1. The van der Waals surface area contributed by atoms with Crippen molar-refractivity contribution in [3.05, 3.63) is 78.1 Å². The van der Waals surface area contributed by atoms with Gasteiger partial charge in [-0.3, -0.25) is 4.79 Å². The Morgan fingerprint density at radius 2 is 1.75 bits per heavy atom. The summed E-state index contributed by atoms with van der Waals surface area (Å²) in [4.78, 5) is 12.1. The van der Waals surface area contributed by atoms with E-state index in [0.717, 1.165) is 0 Å². The molecular weight excluding hydrogens is 303 g/mol. The van der Waals surface area contributed by atoms with Gasteiger partial charge in [0.15, 0.2) is 6.54 Å². The monoisotopic (exact) mass is 323 g/mol. The highest BCUT2D eigenvalue weighted by Crippen LogP contribution is 2.22. The van der Waals surface area contributed by atoms with Crippen LogP contribution in [0.25, 0.3) is 10.8 Å². The van der Waals surface area contributed by atoms with Crippen molar-refractivity contribution < 1.29 is 14.5 Å². The average molecular weight is 323 g/mol. The Labute approximate surface area is 140 Å². The zero-order chi connectivity index (χ0) is 16.9. The second kappa shape index (κ2) is 7.23. The number of nitrogens with two attached hydrogens (primary N) is 1. The number of carbonyl (C=O) groups is 1. The van der Waals surface area contributed by atoms with Crippen LogP contribution in [0.1, 0.15) is 18.5 Å². The summed E-state index contributed by atoms with van der Waals surface area (Å²) in [6.45, 7) is 2.40. The van der Waals surface area contributed by atoms with Crippen LogP contribution in [0.5, 0.6) is 0 Å². The average Bonchev–Trinajstić information content (AvgIpc) is 2.61. The van der Waals surface area contributed by atoms with Gasteiger partial charge < -0.3 is 10.6 Å². The summed E-state index contributed by atoms with van der Waals surface area (Å²) in [5.41, 5.74) is 1.82. The fourth-order valence-corrected chi connectivity index (χ4v) is 2.80. The van der Waals surface area contributed by atoms with Gasteiger partial charge in [0, 0.05) is 11.3 Å². The van der Waals surface area contributed by atoms with Crippen LogP contribution in [0, 0.1) is 5.82 Å². The van der Waals surface area contributed by atoms with Crippen molar-refractivity contribution in [1.82, 2.24) is 0 Å². The van der Waals surface area contributed by atoms with E-state index in [-0.39, 0.29) is 17.8 Å². The molecule has 1 amide bonds. The van der Waals surface area contributed by atoms with Crippen LogP contribution in [-0.2, 0) is 4.79 Å². The molecule has 0 unspecified atom stereocenters. The molecule has 24 heavy (non-hydrogen) atoms. The van der Waals surface area contributed by atoms with E-state index in [1.165, 1.54) is 28.5 Å². The Bertz CT molecular complexity index is 840. The number of hydrogen-bond acceptors (Lipinski definition) is 1. The molecule has 0 fully saturated rings. The minimum atomic E-state index is -0.316. The Morgan fingerprint density at radius 1 is 1.04 bits per heavy atom. The van der Waals surface area contributed by atoms with Gasteiger partial charge in [-0.1, -0.05) is 42.5 Å². The highest BCUT2D eigenvalue weighted by molar-refractivity contribution is 5.91. The summed E-state index contributed by atoms with van der Waals surface area (Å²) in [7, 11) is 0. The van der Waals surface area contributed by atoms with E-state index in [9.17, 15) is 9.18 Å². The Morgan fingerprint density at radius 3 is 2.54 bits per heavy atom. The summed E-state index contributed by atoms with van der Waals surface area (Å²) in [5.74, 6) is -0.419. The largest absolute Gasteiger partial charge is 0.332 e. The van der Waals surface area contributed by atoms with E-state index < -0.39 is 0 Å². The lowest BCUT2D eigenvalue weighted by Gasteiger charge is -2.13. The summed E-state index contributed by atoms with van der Waals surface area (Å²) >= 11 is 0. The number of rotatable bonds is 5. The fraction of sp³-hybridized carbons (Fsp3) is 0.150. The van der Waals surface area contributed by atoms with Crippen molar-refractivity contribution in [1.29, 1.82) is 0 Å². The smallest absolute Gasteiger partial charge is 0.279 e. The predicted octanol–water partition coefficient (Wildman–Crippen LogP) is 3.24. The van der Waals surface area contributed by atoms with Crippen LogP contribution in [0.2, 0.25) is 0 Å². The molecule has 4 heteroatoms. The lowest BCUT2D eigenvalue weighted by Crippen LogP contribution is -2.86. The molecule has 0 radical (unpaired) electrons. The van der Waals surface area contributed by atoms with E-state index in [2.05, 4.69) is 36.5 Å². The summed E-state index contributed by atoms with van der Waals surface area (Å²) < 4.78 is 12.9. The summed E-state index contributed by atoms with van der Waals surface area (Å²) in [6.07, 6.45) is 0. The Kier molecular flexibility index (Phi) is 4.87. The molecule has 3 N–H and O–H groups in total. The zero-order valence-electron chi connectivity index (χ0n) is 13.5. The molecule has 3 rings (SSSR count). The van der Waals surface area contributed by atoms with Gasteiger partial charge in [0.2, 0.25) is 0 Å². The summed E-state index contributed by atoms with van der Waals surface area (Å²) in [5, 5.41) is 7.19. The van der Waals surface area contributed by atoms with Gasteiger partial charge in [0.05, 0.1) is 0 Å². The van der Waals surface area contributed by atoms with Gasteiger partial charge in [0.25, 0.3) is 5.91 Å². The predicted molar refractivity (Wildman–Crippen MR) is 94.2 cm³/mol. The minimum Gasteiger partial charge on any atom is -0.332 e. The minimum absolute atomic E-state index is 0.103. The molecule has 0 aliphatic heterocycles. The van der Waals surface area contributed by atoms with Gasteiger partial charge in [-0.15, -0.1) is 0 Å². The molecule has 3 nitrogen and oxygen atoms in total. The lowest BCUT2D eigenvalue weighted by atomic mass is 10.00. The number of hydrogen-bond donors (Lipinski definition) is 2. The number of quaternary nitrogens is 1.